The van der Waals surface area contributed by atoms with Gasteiger partial charge in [0.25, 0.3) is 0 Å². The molecule has 0 rings (SSSR count). The Kier molecular flexibility index (Phi) is 51.5. The van der Waals surface area contributed by atoms with Gasteiger partial charge in [0.15, 0.2) is 6.10 Å². The minimum Gasteiger partial charge on any atom is -0.462 e. The minimum atomic E-state index is -0.798. The van der Waals surface area contributed by atoms with Crippen molar-refractivity contribution in [3.8, 4) is 0 Å². The lowest BCUT2D eigenvalue weighted by Gasteiger charge is -2.18. The lowest BCUT2D eigenvalue weighted by atomic mass is 10.1. The molecule has 0 bridgehead atoms. The van der Waals surface area contributed by atoms with E-state index in [-0.39, 0.29) is 31.1 Å². The fourth-order valence-corrected chi connectivity index (χ4v) is 7.16. The second kappa shape index (κ2) is 54.7. The van der Waals surface area contributed by atoms with Crippen LogP contribution in [0, 0.1) is 0 Å². The summed E-state index contributed by atoms with van der Waals surface area (Å²) in [4.78, 5) is 38.0. The Labute approximate surface area is 412 Å². The summed E-state index contributed by atoms with van der Waals surface area (Å²) in [6, 6.07) is 0. The van der Waals surface area contributed by atoms with Crippen LogP contribution in [0.5, 0.6) is 0 Å². The number of unbranched alkanes of at least 4 members (excludes halogenated alkanes) is 19. The van der Waals surface area contributed by atoms with Crippen LogP contribution >= 0.6 is 0 Å². The van der Waals surface area contributed by atoms with Crippen molar-refractivity contribution in [1.29, 1.82) is 0 Å². The molecule has 0 aliphatic carbocycles. The summed E-state index contributed by atoms with van der Waals surface area (Å²) in [5.41, 5.74) is 0. The Morgan fingerprint density at radius 2 is 0.582 bits per heavy atom. The molecule has 0 aromatic rings. The summed E-state index contributed by atoms with van der Waals surface area (Å²) in [5, 5.41) is 0. The van der Waals surface area contributed by atoms with E-state index in [0.717, 1.165) is 135 Å². The van der Waals surface area contributed by atoms with Crippen LogP contribution < -0.4 is 0 Å². The van der Waals surface area contributed by atoms with E-state index in [1.165, 1.54) is 64.2 Å². The van der Waals surface area contributed by atoms with Crippen LogP contribution in [-0.2, 0) is 28.6 Å². The molecule has 1 atom stereocenters. The van der Waals surface area contributed by atoms with Crippen molar-refractivity contribution < 1.29 is 28.6 Å². The first-order valence-corrected chi connectivity index (χ1v) is 27.4. The van der Waals surface area contributed by atoms with E-state index in [1.54, 1.807) is 0 Å². The molecule has 0 fully saturated rings. The monoisotopic (exact) mass is 929 g/mol. The van der Waals surface area contributed by atoms with E-state index in [2.05, 4.69) is 130 Å². The summed E-state index contributed by atoms with van der Waals surface area (Å²) < 4.78 is 16.7. The van der Waals surface area contributed by atoms with Crippen LogP contribution in [0.15, 0.2) is 109 Å². The van der Waals surface area contributed by atoms with Crippen molar-refractivity contribution in [2.45, 2.75) is 245 Å². The first-order chi connectivity index (χ1) is 33.0. The summed E-state index contributed by atoms with van der Waals surface area (Å²) in [7, 11) is 0. The van der Waals surface area contributed by atoms with Gasteiger partial charge in [0.2, 0.25) is 0 Å². The molecule has 6 heteroatoms. The highest BCUT2D eigenvalue weighted by Gasteiger charge is 2.19. The zero-order chi connectivity index (χ0) is 48.6. The summed E-state index contributed by atoms with van der Waals surface area (Å²) in [5.74, 6) is -0.949. The van der Waals surface area contributed by atoms with Gasteiger partial charge in [0.05, 0.1) is 0 Å². The number of rotatable bonds is 48. The van der Waals surface area contributed by atoms with Crippen molar-refractivity contribution >= 4 is 17.9 Å². The zero-order valence-corrected chi connectivity index (χ0v) is 43.4. The van der Waals surface area contributed by atoms with Crippen molar-refractivity contribution in [2.24, 2.45) is 0 Å². The quantitative estimate of drug-likeness (QED) is 0.0262. The third-order valence-corrected chi connectivity index (χ3v) is 11.3. The molecule has 0 saturated heterocycles. The lowest BCUT2D eigenvalue weighted by molar-refractivity contribution is -0.167. The molecule has 0 heterocycles. The molecule has 0 aliphatic rings. The fourth-order valence-electron chi connectivity index (χ4n) is 7.16. The van der Waals surface area contributed by atoms with E-state index >= 15 is 0 Å². The maximum Gasteiger partial charge on any atom is 0.306 e. The third kappa shape index (κ3) is 52.9. The number of hydrogen-bond acceptors (Lipinski definition) is 6. The van der Waals surface area contributed by atoms with Crippen molar-refractivity contribution in [2.75, 3.05) is 13.2 Å². The van der Waals surface area contributed by atoms with Crippen molar-refractivity contribution in [3.05, 3.63) is 109 Å². The average molecular weight is 929 g/mol. The van der Waals surface area contributed by atoms with Crippen molar-refractivity contribution in [3.63, 3.8) is 0 Å². The largest absolute Gasteiger partial charge is 0.462 e. The number of carbonyl (C=O) groups is 3. The van der Waals surface area contributed by atoms with Crippen LogP contribution in [0.3, 0.4) is 0 Å². The van der Waals surface area contributed by atoms with Gasteiger partial charge in [-0.25, -0.2) is 0 Å². The van der Waals surface area contributed by atoms with Gasteiger partial charge in [-0.1, -0.05) is 220 Å². The van der Waals surface area contributed by atoms with E-state index < -0.39 is 6.10 Å². The molecule has 0 amide bonds. The maximum absolute atomic E-state index is 12.8. The number of allylic oxidation sites excluding steroid dienone is 18. The normalized spacial score (nSPS) is 12.9. The topological polar surface area (TPSA) is 78.9 Å². The Morgan fingerprint density at radius 1 is 0.313 bits per heavy atom. The Hall–Kier alpha value is -3.93. The van der Waals surface area contributed by atoms with Gasteiger partial charge in [-0.05, 0) is 109 Å². The highest BCUT2D eigenvalue weighted by Crippen LogP contribution is 2.13. The predicted molar refractivity (Wildman–Crippen MR) is 288 cm³/mol. The smallest absolute Gasteiger partial charge is 0.306 e. The Bertz CT molecular complexity index is 1390. The molecule has 0 radical (unpaired) electrons. The van der Waals surface area contributed by atoms with E-state index in [0.29, 0.717) is 19.3 Å². The van der Waals surface area contributed by atoms with E-state index in [1.807, 2.05) is 0 Å². The molecule has 1 unspecified atom stereocenters. The van der Waals surface area contributed by atoms with Crippen LogP contribution in [-0.4, -0.2) is 37.2 Å². The zero-order valence-electron chi connectivity index (χ0n) is 43.4. The fraction of sp³-hybridized carbons (Fsp3) is 0.656. The van der Waals surface area contributed by atoms with Gasteiger partial charge >= 0.3 is 17.9 Å². The van der Waals surface area contributed by atoms with Gasteiger partial charge in [0.1, 0.15) is 13.2 Å². The SMILES string of the molecule is CC/C=C\C/C=C\C/C=C\C/C=C\C/C=C\C/C=C\C/C=C\CCCCCC(=O)OCC(COC(=O)CCCCCCCCCCC)OC(=O)CCCCCCC/C=C\C/C=C\CCCCC. The Balaban J connectivity index is 4.38. The van der Waals surface area contributed by atoms with Crippen LogP contribution in [0.4, 0.5) is 0 Å². The second-order valence-corrected chi connectivity index (χ2v) is 17.8. The molecule has 0 aliphatic heterocycles. The third-order valence-electron chi connectivity index (χ3n) is 11.3. The Morgan fingerprint density at radius 3 is 0.955 bits per heavy atom. The summed E-state index contributed by atoms with van der Waals surface area (Å²) in [6.07, 6.45) is 73.7. The number of carbonyl (C=O) groups excluding carboxylic acids is 3. The van der Waals surface area contributed by atoms with Crippen LogP contribution in [0.2, 0.25) is 0 Å². The van der Waals surface area contributed by atoms with Gasteiger partial charge in [-0.2, -0.15) is 0 Å². The molecule has 67 heavy (non-hydrogen) atoms. The predicted octanol–water partition coefficient (Wildman–Crippen LogP) is 18.3. The molecule has 0 aromatic carbocycles. The van der Waals surface area contributed by atoms with Crippen LogP contribution in [0.1, 0.15) is 239 Å². The molecule has 0 aromatic heterocycles. The van der Waals surface area contributed by atoms with E-state index in [4.69, 9.17) is 14.2 Å². The second-order valence-electron chi connectivity index (χ2n) is 17.8. The number of esters is 3. The molecule has 6 nitrogen and oxygen atoms in total. The number of ether oxygens (including phenoxy) is 3. The first-order valence-electron chi connectivity index (χ1n) is 27.4. The lowest BCUT2D eigenvalue weighted by Crippen LogP contribution is -2.30. The molecule has 0 spiro atoms. The molecular formula is C61H100O6. The van der Waals surface area contributed by atoms with Gasteiger partial charge in [0, 0.05) is 19.3 Å². The summed E-state index contributed by atoms with van der Waals surface area (Å²) >= 11 is 0. The standard InChI is InChI=1S/C61H100O6/c1-4-7-10-13-16-19-21-23-25-26-27-28-29-30-31-32-33-34-36-37-39-42-45-48-51-54-60(63)66-57-58(56-65-59(62)53-50-47-44-41-18-15-12-9-6-3)67-61(64)55-52-49-46-43-40-38-35-24-22-20-17-14-11-8-5-2/h7,10,16-17,19-20,23-25,27-28,30-31,33-35,37,39,58H,4-6,8-9,11-15,18,21-22,26,29,32,36,38,40-57H2,1-3H3/b10-7-,19-16-,20-17-,25-23-,28-27-,31-30-,34-33-,35-24-,39-37-. The minimum absolute atomic E-state index is 0.0949. The first kappa shape index (κ1) is 63.1. The number of hydrogen-bond donors (Lipinski definition) is 0. The highest BCUT2D eigenvalue weighted by atomic mass is 16.6. The highest BCUT2D eigenvalue weighted by molar-refractivity contribution is 5.71. The average Bonchev–Trinajstić information content (AvgIpc) is 3.33. The molecule has 380 valence electrons. The molecular weight excluding hydrogens is 829 g/mol. The maximum atomic E-state index is 12.8. The summed E-state index contributed by atoms with van der Waals surface area (Å²) in [6.45, 7) is 6.43. The van der Waals surface area contributed by atoms with Crippen molar-refractivity contribution in [1.82, 2.24) is 0 Å². The van der Waals surface area contributed by atoms with Gasteiger partial charge in [-0.15, -0.1) is 0 Å². The van der Waals surface area contributed by atoms with E-state index in [9.17, 15) is 14.4 Å². The van der Waals surface area contributed by atoms with Crippen LogP contribution in [0.25, 0.3) is 0 Å². The van der Waals surface area contributed by atoms with Gasteiger partial charge in [-0.3, -0.25) is 14.4 Å². The molecule has 0 N–H and O–H groups in total. The van der Waals surface area contributed by atoms with Gasteiger partial charge < -0.3 is 14.2 Å². The molecule has 0 saturated carbocycles.